The summed E-state index contributed by atoms with van der Waals surface area (Å²) in [6.07, 6.45) is 13.4. The van der Waals surface area contributed by atoms with Crippen LogP contribution < -0.4 is 0 Å². The first-order valence-electron chi connectivity index (χ1n) is 10.4. The number of rotatable bonds is 4. The van der Waals surface area contributed by atoms with E-state index in [2.05, 4.69) is 48.5 Å². The Morgan fingerprint density at radius 2 is 0.885 bits per heavy atom. The fraction of sp³-hybridized carbons (Fsp3) is 0.500. The highest BCUT2D eigenvalue weighted by Gasteiger charge is 2.17. The van der Waals surface area contributed by atoms with Crippen LogP contribution in [0.4, 0.5) is 0 Å². The van der Waals surface area contributed by atoms with Crippen LogP contribution in [0.3, 0.4) is 0 Å². The topological polar surface area (TPSA) is 17.1 Å². The first-order chi connectivity index (χ1) is 12.8. The summed E-state index contributed by atoms with van der Waals surface area (Å²) in [5.41, 5.74) is 2.86. The van der Waals surface area contributed by atoms with Gasteiger partial charge in [0.15, 0.2) is 0 Å². The van der Waals surface area contributed by atoms with Crippen LogP contribution >= 0.6 is 0 Å². The van der Waals surface area contributed by atoms with E-state index in [1.807, 2.05) is 0 Å². The van der Waals surface area contributed by atoms with Gasteiger partial charge in [0.05, 0.1) is 10.8 Å². The molecule has 26 heavy (non-hydrogen) atoms. The van der Waals surface area contributed by atoms with Crippen molar-refractivity contribution in [3.8, 4) is 0 Å². The maximum Gasteiger partial charge on any atom is 0.0849 e. The van der Waals surface area contributed by atoms with E-state index in [0.29, 0.717) is 11.8 Å². The molecule has 0 saturated heterocycles. The second-order valence-electron chi connectivity index (χ2n) is 8.08. The average molecular weight is 367 g/mol. The van der Waals surface area contributed by atoms with E-state index in [4.69, 9.17) is 0 Å². The van der Waals surface area contributed by atoms with Crippen molar-refractivity contribution in [2.75, 3.05) is 0 Å². The second-order valence-corrected chi connectivity index (χ2v) is 9.56. The molecular formula is C24H30OS. The lowest BCUT2D eigenvalue weighted by Gasteiger charge is -2.22. The molecule has 0 radical (unpaired) electrons. The molecule has 0 atom stereocenters. The monoisotopic (exact) mass is 366 g/mol. The zero-order chi connectivity index (χ0) is 17.8. The van der Waals surface area contributed by atoms with Gasteiger partial charge in [0.2, 0.25) is 0 Å². The predicted molar refractivity (Wildman–Crippen MR) is 109 cm³/mol. The molecule has 2 saturated carbocycles. The molecule has 0 unspecified atom stereocenters. The average Bonchev–Trinajstić information content (AvgIpc) is 2.75. The summed E-state index contributed by atoms with van der Waals surface area (Å²) in [5, 5.41) is 0. The van der Waals surface area contributed by atoms with Crippen LogP contribution in [0, 0.1) is 0 Å². The zero-order valence-corrected chi connectivity index (χ0v) is 16.5. The van der Waals surface area contributed by atoms with Crippen LogP contribution in [-0.2, 0) is 10.8 Å². The highest BCUT2D eigenvalue weighted by atomic mass is 32.2. The maximum absolute atomic E-state index is 12.9. The second kappa shape index (κ2) is 8.52. The van der Waals surface area contributed by atoms with Gasteiger partial charge in [-0.1, -0.05) is 62.8 Å². The van der Waals surface area contributed by atoms with Crippen molar-refractivity contribution < 1.29 is 4.21 Å². The minimum absolute atomic E-state index is 0.709. The molecule has 2 aromatic rings. The third-order valence-electron chi connectivity index (χ3n) is 6.34. The van der Waals surface area contributed by atoms with Gasteiger partial charge in [0.1, 0.15) is 0 Å². The number of hydrogen-bond donors (Lipinski definition) is 0. The van der Waals surface area contributed by atoms with Crippen molar-refractivity contribution in [1.29, 1.82) is 0 Å². The van der Waals surface area contributed by atoms with Crippen molar-refractivity contribution in [2.45, 2.75) is 85.8 Å². The fourth-order valence-electron chi connectivity index (χ4n) is 4.74. The van der Waals surface area contributed by atoms with E-state index in [1.165, 1.54) is 75.3 Å². The molecule has 4 rings (SSSR count). The summed E-state index contributed by atoms with van der Waals surface area (Å²) in [4.78, 5) is 1.85. The van der Waals surface area contributed by atoms with Crippen molar-refractivity contribution in [3.63, 3.8) is 0 Å². The summed E-state index contributed by atoms with van der Waals surface area (Å²) in [7, 11) is -1.07. The third-order valence-corrected chi connectivity index (χ3v) is 7.74. The van der Waals surface area contributed by atoms with E-state index in [0.717, 1.165) is 9.79 Å². The van der Waals surface area contributed by atoms with Gasteiger partial charge in [-0.15, -0.1) is 0 Å². The minimum atomic E-state index is -1.07. The van der Waals surface area contributed by atoms with Gasteiger partial charge < -0.3 is 0 Å². The Kier molecular flexibility index (Phi) is 5.89. The van der Waals surface area contributed by atoms with E-state index in [9.17, 15) is 4.21 Å². The van der Waals surface area contributed by atoms with E-state index >= 15 is 0 Å². The van der Waals surface area contributed by atoms with Gasteiger partial charge >= 0.3 is 0 Å². The first kappa shape index (κ1) is 18.0. The smallest absolute Gasteiger partial charge is 0.0849 e. The van der Waals surface area contributed by atoms with Crippen LogP contribution in [0.25, 0.3) is 0 Å². The van der Waals surface area contributed by atoms with Gasteiger partial charge in [-0.25, -0.2) is 4.21 Å². The quantitative estimate of drug-likeness (QED) is 0.572. The van der Waals surface area contributed by atoms with Crippen molar-refractivity contribution in [1.82, 2.24) is 0 Å². The van der Waals surface area contributed by atoms with Gasteiger partial charge in [-0.05, 0) is 72.9 Å². The van der Waals surface area contributed by atoms with Crippen LogP contribution in [0.5, 0.6) is 0 Å². The van der Waals surface area contributed by atoms with Crippen molar-refractivity contribution in [2.24, 2.45) is 0 Å². The predicted octanol–water partition coefficient (Wildman–Crippen LogP) is 6.95. The molecule has 0 N–H and O–H groups in total. The molecule has 2 aromatic carbocycles. The van der Waals surface area contributed by atoms with Gasteiger partial charge in [0, 0.05) is 9.79 Å². The Morgan fingerprint density at radius 3 is 1.23 bits per heavy atom. The third kappa shape index (κ3) is 4.11. The highest BCUT2D eigenvalue weighted by Crippen LogP contribution is 2.34. The molecule has 0 amide bonds. The lowest BCUT2D eigenvalue weighted by Crippen LogP contribution is -2.05. The van der Waals surface area contributed by atoms with Gasteiger partial charge in [-0.3, -0.25) is 0 Å². The molecule has 2 aliphatic carbocycles. The summed E-state index contributed by atoms with van der Waals surface area (Å²) in [6.45, 7) is 0. The van der Waals surface area contributed by atoms with Crippen molar-refractivity contribution >= 4 is 10.8 Å². The van der Waals surface area contributed by atoms with Crippen LogP contribution in [0.1, 0.15) is 87.2 Å². The highest BCUT2D eigenvalue weighted by molar-refractivity contribution is 7.85. The molecule has 2 fully saturated rings. The van der Waals surface area contributed by atoms with E-state index in [-0.39, 0.29) is 0 Å². The Bertz CT molecular complexity index is 656. The lowest BCUT2D eigenvalue weighted by atomic mass is 9.84. The Balaban J connectivity index is 1.44. The molecule has 0 spiro atoms. The summed E-state index contributed by atoms with van der Waals surface area (Å²) >= 11 is 0. The van der Waals surface area contributed by atoms with Gasteiger partial charge in [-0.2, -0.15) is 0 Å². The molecule has 0 bridgehead atoms. The Hall–Kier alpha value is -1.41. The normalized spacial score (nSPS) is 19.7. The summed E-state index contributed by atoms with van der Waals surface area (Å²) < 4.78 is 12.9. The van der Waals surface area contributed by atoms with Crippen LogP contribution in [-0.4, -0.2) is 4.21 Å². The molecule has 2 aliphatic rings. The van der Waals surface area contributed by atoms with Gasteiger partial charge in [0.25, 0.3) is 0 Å². The van der Waals surface area contributed by atoms with Crippen LogP contribution in [0.15, 0.2) is 58.3 Å². The molecule has 138 valence electrons. The van der Waals surface area contributed by atoms with Crippen LogP contribution in [0.2, 0.25) is 0 Å². The Labute approximate surface area is 160 Å². The molecule has 0 aliphatic heterocycles. The lowest BCUT2D eigenvalue weighted by molar-refractivity contribution is 0.443. The van der Waals surface area contributed by atoms with E-state index < -0.39 is 10.8 Å². The zero-order valence-electron chi connectivity index (χ0n) is 15.7. The molecule has 0 aromatic heterocycles. The maximum atomic E-state index is 12.9. The van der Waals surface area contributed by atoms with E-state index in [1.54, 1.807) is 0 Å². The first-order valence-corrected chi connectivity index (χ1v) is 11.6. The fourth-order valence-corrected chi connectivity index (χ4v) is 5.77. The Morgan fingerprint density at radius 1 is 0.538 bits per heavy atom. The summed E-state index contributed by atoms with van der Waals surface area (Å²) in [6, 6.07) is 17.1. The standard InChI is InChI=1S/C24H30OS/c25-26(23-15-11-21(12-16-23)19-7-3-1-4-8-19)24-17-13-22(14-18-24)20-9-5-2-6-10-20/h11-20H,1-10H2. The largest absolute Gasteiger partial charge is 0.249 e. The summed E-state index contributed by atoms with van der Waals surface area (Å²) in [5.74, 6) is 1.42. The molecule has 2 heteroatoms. The van der Waals surface area contributed by atoms with Crippen molar-refractivity contribution in [3.05, 3.63) is 59.7 Å². The molecule has 0 heterocycles. The molecular weight excluding hydrogens is 336 g/mol. The minimum Gasteiger partial charge on any atom is -0.249 e. The molecule has 1 nitrogen and oxygen atoms in total. The number of hydrogen-bond acceptors (Lipinski definition) is 1. The SMILES string of the molecule is O=S(c1ccc(C2CCCCC2)cc1)c1ccc(C2CCCCC2)cc1. The number of benzene rings is 2.